The Morgan fingerprint density at radius 3 is 2.03 bits per heavy atom. The number of fused-ring (bicyclic) bond motifs is 1. The van der Waals surface area contributed by atoms with E-state index in [1.54, 1.807) is 0 Å². The molecule has 0 aliphatic rings. The van der Waals surface area contributed by atoms with Crippen LogP contribution in [0.5, 0.6) is 0 Å². The van der Waals surface area contributed by atoms with Crippen molar-refractivity contribution in [3.8, 4) is 33.9 Å². The topological polar surface area (TPSA) is 43.1 Å². The first-order chi connectivity index (χ1) is 17.2. The molecular formula is C31H24N4. The first-order valence-corrected chi connectivity index (χ1v) is 11.8. The fourth-order valence-electron chi connectivity index (χ4n) is 4.42. The van der Waals surface area contributed by atoms with Gasteiger partial charge in [0.05, 0.1) is 22.8 Å². The van der Waals surface area contributed by atoms with Crippen LogP contribution in [0.3, 0.4) is 0 Å². The molecule has 6 aromatic rings. The van der Waals surface area contributed by atoms with Crippen molar-refractivity contribution in [2.24, 2.45) is 0 Å². The third-order valence-electron chi connectivity index (χ3n) is 6.12. The molecule has 0 fully saturated rings. The molecule has 35 heavy (non-hydrogen) atoms. The van der Waals surface area contributed by atoms with Gasteiger partial charge in [0, 0.05) is 35.1 Å². The molecule has 0 saturated heterocycles. The molecule has 0 spiro atoms. The van der Waals surface area contributed by atoms with Crippen LogP contribution in [0.15, 0.2) is 115 Å². The van der Waals surface area contributed by atoms with Gasteiger partial charge >= 0.3 is 0 Å². The molecule has 4 nitrogen and oxygen atoms in total. The molecule has 168 valence electrons. The number of pyridine rings is 3. The molecule has 0 aliphatic heterocycles. The van der Waals surface area contributed by atoms with Crippen LogP contribution in [-0.4, -0.2) is 19.4 Å². The zero-order chi connectivity index (χ0) is 23.6. The van der Waals surface area contributed by atoms with Gasteiger partial charge in [-0.3, -0.25) is 4.98 Å². The lowest BCUT2D eigenvalue weighted by molar-refractivity contribution is 0.970. The van der Waals surface area contributed by atoms with Gasteiger partial charge in [-0.1, -0.05) is 72.8 Å². The molecule has 6 rings (SSSR count). The summed E-state index contributed by atoms with van der Waals surface area (Å²) >= 11 is 0. The lowest BCUT2D eigenvalue weighted by atomic mass is 10.1. The number of imidazole rings is 1. The quantitative estimate of drug-likeness (QED) is 0.282. The van der Waals surface area contributed by atoms with Crippen molar-refractivity contribution in [2.75, 3.05) is 0 Å². The van der Waals surface area contributed by atoms with Gasteiger partial charge in [0.15, 0.2) is 0 Å². The molecule has 4 heterocycles. The number of hydrogen-bond donors (Lipinski definition) is 0. The summed E-state index contributed by atoms with van der Waals surface area (Å²) in [6, 6.07) is 37.2. The molecule has 0 unspecified atom stereocenters. The second-order valence-corrected chi connectivity index (χ2v) is 8.71. The molecule has 0 amide bonds. The van der Waals surface area contributed by atoms with E-state index in [0.29, 0.717) is 6.42 Å². The van der Waals surface area contributed by atoms with Crippen molar-refractivity contribution in [1.82, 2.24) is 19.4 Å². The van der Waals surface area contributed by atoms with Crippen molar-refractivity contribution in [3.05, 3.63) is 132 Å². The van der Waals surface area contributed by atoms with Crippen LogP contribution in [-0.2, 0) is 6.42 Å². The first kappa shape index (κ1) is 21.0. The largest absolute Gasteiger partial charge is 0.303 e. The summed E-state index contributed by atoms with van der Waals surface area (Å²) in [4.78, 5) is 14.8. The van der Waals surface area contributed by atoms with E-state index < -0.39 is 0 Å². The van der Waals surface area contributed by atoms with Crippen LogP contribution in [0.2, 0.25) is 0 Å². The smallest absolute Gasteiger partial charge is 0.137 e. The zero-order valence-corrected chi connectivity index (χ0v) is 19.5. The van der Waals surface area contributed by atoms with Gasteiger partial charge in [-0.15, -0.1) is 0 Å². The Balaban J connectivity index is 1.34. The maximum atomic E-state index is 4.99. The van der Waals surface area contributed by atoms with Gasteiger partial charge in [0.2, 0.25) is 0 Å². The SMILES string of the molecule is Cc1cc(-c2ccccc2)nc(-c2cccc(Cc3cccc4nc(-c5ccccc5)cn34)n2)c1. The minimum atomic E-state index is 0.702. The van der Waals surface area contributed by atoms with Crippen LogP contribution < -0.4 is 0 Å². The molecule has 0 aliphatic carbocycles. The maximum absolute atomic E-state index is 4.99. The average Bonchev–Trinajstić information content (AvgIpc) is 3.35. The highest BCUT2D eigenvalue weighted by Gasteiger charge is 2.11. The van der Waals surface area contributed by atoms with Crippen molar-refractivity contribution in [1.29, 1.82) is 0 Å². The number of hydrogen-bond acceptors (Lipinski definition) is 3. The number of aromatic nitrogens is 4. The van der Waals surface area contributed by atoms with E-state index in [1.165, 1.54) is 0 Å². The normalized spacial score (nSPS) is 11.1. The van der Waals surface area contributed by atoms with Crippen molar-refractivity contribution >= 4 is 5.65 Å². The fraction of sp³-hybridized carbons (Fsp3) is 0.0645. The second kappa shape index (κ2) is 8.99. The van der Waals surface area contributed by atoms with Crippen LogP contribution in [0.1, 0.15) is 17.0 Å². The van der Waals surface area contributed by atoms with E-state index >= 15 is 0 Å². The second-order valence-electron chi connectivity index (χ2n) is 8.71. The van der Waals surface area contributed by atoms with Crippen LogP contribution >= 0.6 is 0 Å². The van der Waals surface area contributed by atoms with Crippen LogP contribution in [0.25, 0.3) is 39.5 Å². The van der Waals surface area contributed by atoms with Gasteiger partial charge in [0.25, 0.3) is 0 Å². The van der Waals surface area contributed by atoms with E-state index in [4.69, 9.17) is 15.0 Å². The maximum Gasteiger partial charge on any atom is 0.137 e. The third-order valence-corrected chi connectivity index (χ3v) is 6.12. The van der Waals surface area contributed by atoms with E-state index in [9.17, 15) is 0 Å². The molecule has 4 heteroatoms. The van der Waals surface area contributed by atoms with Crippen LogP contribution in [0.4, 0.5) is 0 Å². The predicted octanol–water partition coefficient (Wildman–Crippen LogP) is 7.02. The highest BCUT2D eigenvalue weighted by atomic mass is 15.0. The molecular weight excluding hydrogens is 428 g/mol. The van der Waals surface area contributed by atoms with E-state index in [2.05, 4.69) is 78.2 Å². The summed E-state index contributed by atoms with van der Waals surface area (Å²) in [5.41, 5.74) is 10.2. The predicted molar refractivity (Wildman–Crippen MR) is 141 cm³/mol. The summed E-state index contributed by atoms with van der Waals surface area (Å²) < 4.78 is 2.16. The molecule has 0 atom stereocenters. The Morgan fingerprint density at radius 2 is 1.26 bits per heavy atom. The molecule has 4 aromatic heterocycles. The van der Waals surface area contributed by atoms with Gasteiger partial charge < -0.3 is 4.40 Å². The monoisotopic (exact) mass is 452 g/mol. The highest BCUT2D eigenvalue weighted by molar-refractivity contribution is 5.66. The number of rotatable bonds is 5. The first-order valence-electron chi connectivity index (χ1n) is 11.8. The number of aryl methyl sites for hydroxylation is 1. The Kier molecular flexibility index (Phi) is 5.39. The summed E-state index contributed by atoms with van der Waals surface area (Å²) in [7, 11) is 0. The average molecular weight is 453 g/mol. The van der Waals surface area contributed by atoms with Crippen molar-refractivity contribution < 1.29 is 0 Å². The Labute approximate surface area is 204 Å². The van der Waals surface area contributed by atoms with E-state index in [1.807, 2.05) is 48.5 Å². The van der Waals surface area contributed by atoms with Crippen molar-refractivity contribution in [2.45, 2.75) is 13.3 Å². The molecule has 0 saturated carbocycles. The lowest BCUT2D eigenvalue weighted by Crippen LogP contribution is -2.00. The molecule has 0 radical (unpaired) electrons. The summed E-state index contributed by atoms with van der Waals surface area (Å²) in [5, 5.41) is 0. The standard InChI is InChI=1S/C31H24N4/c1-22-18-28(23-10-4-2-5-11-23)33-29(19-22)27-16-8-14-25(32-27)20-26-15-9-17-31-34-30(21-35(26)31)24-12-6-3-7-13-24/h2-19,21H,20H2,1H3. The Morgan fingerprint density at radius 1 is 0.571 bits per heavy atom. The van der Waals surface area contributed by atoms with Gasteiger partial charge in [-0.05, 0) is 48.9 Å². The minimum Gasteiger partial charge on any atom is -0.303 e. The zero-order valence-electron chi connectivity index (χ0n) is 19.5. The van der Waals surface area contributed by atoms with Gasteiger partial charge in [-0.2, -0.15) is 0 Å². The summed E-state index contributed by atoms with van der Waals surface area (Å²) in [6.45, 7) is 2.10. The summed E-state index contributed by atoms with van der Waals surface area (Å²) in [5.74, 6) is 0. The Bertz CT molecular complexity index is 1620. The van der Waals surface area contributed by atoms with E-state index in [-0.39, 0.29) is 0 Å². The van der Waals surface area contributed by atoms with Crippen molar-refractivity contribution in [3.63, 3.8) is 0 Å². The van der Waals surface area contributed by atoms with Crippen LogP contribution in [0, 0.1) is 6.92 Å². The summed E-state index contributed by atoms with van der Waals surface area (Å²) in [6.07, 6.45) is 2.81. The molecule has 0 N–H and O–H groups in total. The highest BCUT2D eigenvalue weighted by Crippen LogP contribution is 2.25. The van der Waals surface area contributed by atoms with Gasteiger partial charge in [-0.25, -0.2) is 9.97 Å². The number of nitrogens with zero attached hydrogens (tertiary/aromatic N) is 4. The molecule has 2 aromatic carbocycles. The van der Waals surface area contributed by atoms with Gasteiger partial charge in [0.1, 0.15) is 5.65 Å². The molecule has 0 bridgehead atoms. The van der Waals surface area contributed by atoms with E-state index in [0.717, 1.165) is 56.5 Å². The Hall–Kier alpha value is -4.57. The minimum absolute atomic E-state index is 0.702. The fourth-order valence-corrected chi connectivity index (χ4v) is 4.42. The third kappa shape index (κ3) is 4.34. The number of benzene rings is 2. The lowest BCUT2D eigenvalue weighted by Gasteiger charge is -2.09.